The Kier molecular flexibility index (Phi) is 4.98. The van der Waals surface area contributed by atoms with Gasteiger partial charge in [-0.15, -0.1) is 5.11 Å². The zero-order valence-corrected chi connectivity index (χ0v) is 16.2. The van der Waals surface area contributed by atoms with E-state index in [9.17, 15) is 23.1 Å². The molecule has 0 bridgehead atoms. The van der Waals surface area contributed by atoms with Crippen LogP contribution in [0, 0.1) is 0 Å². The normalized spacial score (nSPS) is 17.4. The predicted molar refractivity (Wildman–Crippen MR) is 108 cm³/mol. The van der Waals surface area contributed by atoms with Crippen molar-refractivity contribution in [1.82, 2.24) is 10.4 Å². The summed E-state index contributed by atoms with van der Waals surface area (Å²) in [4.78, 5) is 14.2. The summed E-state index contributed by atoms with van der Waals surface area (Å²) in [7, 11) is 0. The van der Waals surface area contributed by atoms with Gasteiger partial charge in [-0.25, -0.2) is 5.43 Å². The Labute approximate surface area is 172 Å². The first-order valence-corrected chi connectivity index (χ1v) is 9.58. The second kappa shape index (κ2) is 7.48. The van der Waals surface area contributed by atoms with Crippen molar-refractivity contribution in [3.8, 4) is 5.88 Å². The molecule has 1 aliphatic heterocycles. The number of nitrogens with one attached hydrogen (secondary N) is 2. The molecule has 0 aliphatic carbocycles. The average molecular weight is 433 g/mol. The number of H-pyrrole nitrogens is 1. The summed E-state index contributed by atoms with van der Waals surface area (Å²) in [5, 5.41) is 22.4. The molecule has 0 saturated heterocycles. The molecule has 1 atom stereocenters. The number of carbonyl (C=O) groups is 1. The van der Waals surface area contributed by atoms with Crippen molar-refractivity contribution in [2.75, 3.05) is 0 Å². The lowest BCUT2D eigenvalue weighted by Gasteiger charge is -2.18. The Morgan fingerprint density at radius 3 is 2.53 bits per heavy atom. The molecule has 7 nitrogen and oxygen atoms in total. The minimum atomic E-state index is -4.43. The van der Waals surface area contributed by atoms with Gasteiger partial charge in [0.1, 0.15) is 0 Å². The largest absolute Gasteiger partial charge is 0.493 e. The number of amides is 1. The van der Waals surface area contributed by atoms with Gasteiger partial charge >= 0.3 is 6.18 Å². The van der Waals surface area contributed by atoms with Crippen molar-refractivity contribution < 1.29 is 23.1 Å². The maximum atomic E-state index is 12.7. The number of thioether (sulfide) groups is 1. The van der Waals surface area contributed by atoms with Crippen LogP contribution in [0.5, 0.6) is 5.88 Å². The number of hydrazone groups is 1. The zero-order valence-electron chi connectivity index (χ0n) is 15.4. The standard InChI is InChI=1S/C19H14F3N5O2S/c1-9-15(25-27-18(29)30-9)10-2-7-14-13(8-10)16(17(28)23-14)26-24-12-5-3-11(4-6-12)19(20,21)22/h2-9,23,28H,1H3,(H,27,29). The molecule has 0 fully saturated rings. The number of hydrogen-bond donors (Lipinski definition) is 3. The number of alkyl halides is 3. The van der Waals surface area contributed by atoms with Crippen molar-refractivity contribution in [2.45, 2.75) is 18.3 Å². The first-order chi connectivity index (χ1) is 14.2. The smallest absolute Gasteiger partial charge is 0.416 e. The Morgan fingerprint density at radius 2 is 1.87 bits per heavy atom. The molecule has 3 N–H and O–H groups in total. The zero-order chi connectivity index (χ0) is 21.5. The fourth-order valence-corrected chi connectivity index (χ4v) is 3.71. The van der Waals surface area contributed by atoms with E-state index in [0.717, 1.165) is 29.5 Å². The molecule has 1 unspecified atom stereocenters. The van der Waals surface area contributed by atoms with E-state index in [1.54, 1.807) is 18.2 Å². The minimum absolute atomic E-state index is 0.146. The number of nitrogens with zero attached hydrogens (tertiary/aromatic N) is 3. The van der Waals surface area contributed by atoms with Gasteiger partial charge in [-0.05, 0) is 48.9 Å². The highest BCUT2D eigenvalue weighted by molar-refractivity contribution is 8.14. The molecule has 4 rings (SSSR count). The summed E-state index contributed by atoms with van der Waals surface area (Å²) < 4.78 is 38.0. The summed E-state index contributed by atoms with van der Waals surface area (Å²) in [5.41, 5.74) is 3.98. The van der Waals surface area contributed by atoms with Gasteiger partial charge in [0.05, 0.1) is 27.7 Å². The number of aromatic amines is 1. The lowest BCUT2D eigenvalue weighted by molar-refractivity contribution is -0.137. The summed E-state index contributed by atoms with van der Waals surface area (Å²) in [6.07, 6.45) is -4.43. The van der Waals surface area contributed by atoms with Crippen LogP contribution in [0.4, 0.5) is 29.3 Å². The molecule has 2 heterocycles. The molecule has 1 amide bonds. The minimum Gasteiger partial charge on any atom is -0.493 e. The highest BCUT2D eigenvalue weighted by Crippen LogP contribution is 2.38. The summed E-state index contributed by atoms with van der Waals surface area (Å²) >= 11 is 1.11. The highest BCUT2D eigenvalue weighted by atomic mass is 32.2. The third-order valence-corrected chi connectivity index (χ3v) is 5.33. The van der Waals surface area contributed by atoms with Crippen molar-refractivity contribution in [1.29, 1.82) is 0 Å². The van der Waals surface area contributed by atoms with Crippen LogP contribution in [0.3, 0.4) is 0 Å². The van der Waals surface area contributed by atoms with Crippen molar-refractivity contribution in [3.05, 3.63) is 53.6 Å². The van der Waals surface area contributed by atoms with Gasteiger partial charge in [0, 0.05) is 5.39 Å². The number of hydrogen-bond acceptors (Lipinski definition) is 6. The molecule has 1 aromatic heterocycles. The third kappa shape index (κ3) is 3.88. The molecule has 2 aromatic carbocycles. The Balaban J connectivity index is 1.68. The Bertz CT molecular complexity index is 1190. The van der Waals surface area contributed by atoms with Gasteiger partial charge in [-0.2, -0.15) is 23.4 Å². The van der Waals surface area contributed by atoms with Gasteiger partial charge in [-0.1, -0.05) is 17.8 Å². The van der Waals surface area contributed by atoms with E-state index < -0.39 is 11.7 Å². The van der Waals surface area contributed by atoms with Crippen LogP contribution in [-0.4, -0.2) is 26.3 Å². The van der Waals surface area contributed by atoms with Gasteiger partial charge in [0.15, 0.2) is 5.69 Å². The number of benzene rings is 2. The SMILES string of the molecule is CC1SC(=O)NN=C1c1ccc2[nH]c(O)c(N=Nc3ccc(C(F)(F)F)cc3)c2c1. The molecule has 30 heavy (non-hydrogen) atoms. The van der Waals surface area contributed by atoms with E-state index in [4.69, 9.17) is 0 Å². The van der Waals surface area contributed by atoms with Gasteiger partial charge in [0.25, 0.3) is 5.24 Å². The number of fused-ring (bicyclic) bond motifs is 1. The lowest BCUT2D eigenvalue weighted by Crippen LogP contribution is -2.29. The Hall–Kier alpha value is -3.34. The van der Waals surface area contributed by atoms with Crippen LogP contribution in [0.15, 0.2) is 57.8 Å². The highest BCUT2D eigenvalue weighted by Gasteiger charge is 2.30. The summed E-state index contributed by atoms with van der Waals surface area (Å²) in [6, 6.07) is 9.50. The fraction of sp³-hybridized carbons (Fsp3) is 0.158. The van der Waals surface area contributed by atoms with Gasteiger partial charge in [-0.3, -0.25) is 4.79 Å². The molecular formula is C19H14F3N5O2S. The molecule has 0 saturated carbocycles. The molecule has 0 radical (unpaired) electrons. The molecule has 3 aromatic rings. The second-order valence-electron chi connectivity index (χ2n) is 6.48. The van der Waals surface area contributed by atoms with E-state index >= 15 is 0 Å². The topological polar surface area (TPSA) is 102 Å². The first-order valence-electron chi connectivity index (χ1n) is 8.70. The first kappa shape index (κ1) is 20.0. The van der Waals surface area contributed by atoms with E-state index in [0.29, 0.717) is 16.6 Å². The molecular weight excluding hydrogens is 419 g/mol. The van der Waals surface area contributed by atoms with E-state index in [2.05, 4.69) is 25.7 Å². The Morgan fingerprint density at radius 1 is 1.13 bits per heavy atom. The number of azo groups is 1. The van der Waals surface area contributed by atoms with Crippen molar-refractivity contribution in [2.24, 2.45) is 15.3 Å². The summed E-state index contributed by atoms with van der Waals surface area (Å²) in [6.45, 7) is 1.85. The number of rotatable bonds is 3. The van der Waals surface area contributed by atoms with Crippen LogP contribution < -0.4 is 5.43 Å². The quantitative estimate of drug-likeness (QED) is 0.451. The number of aromatic nitrogens is 1. The van der Waals surface area contributed by atoms with Crippen molar-refractivity contribution >= 4 is 45.0 Å². The predicted octanol–water partition coefficient (Wildman–Crippen LogP) is 5.86. The third-order valence-electron chi connectivity index (χ3n) is 4.44. The summed E-state index contributed by atoms with van der Waals surface area (Å²) in [5.74, 6) is -0.223. The lowest BCUT2D eigenvalue weighted by atomic mass is 10.1. The van der Waals surface area contributed by atoms with E-state index in [-0.39, 0.29) is 27.7 Å². The maximum absolute atomic E-state index is 12.7. The maximum Gasteiger partial charge on any atom is 0.416 e. The van der Waals surface area contributed by atoms with E-state index in [1.807, 2.05) is 6.92 Å². The van der Waals surface area contributed by atoms with Crippen LogP contribution in [0.1, 0.15) is 18.1 Å². The van der Waals surface area contributed by atoms with Gasteiger partial charge < -0.3 is 10.1 Å². The van der Waals surface area contributed by atoms with Crippen LogP contribution in [-0.2, 0) is 6.18 Å². The monoisotopic (exact) mass is 433 g/mol. The van der Waals surface area contributed by atoms with Crippen LogP contribution in [0.25, 0.3) is 10.9 Å². The molecule has 11 heteroatoms. The number of halogens is 3. The average Bonchev–Trinajstić information content (AvgIpc) is 3.00. The van der Waals surface area contributed by atoms with Crippen LogP contribution >= 0.6 is 11.8 Å². The molecule has 0 spiro atoms. The molecule has 1 aliphatic rings. The van der Waals surface area contributed by atoms with E-state index in [1.165, 1.54) is 12.1 Å². The van der Waals surface area contributed by atoms with Gasteiger partial charge in [0.2, 0.25) is 5.88 Å². The van der Waals surface area contributed by atoms with Crippen LogP contribution in [0.2, 0.25) is 0 Å². The number of carbonyl (C=O) groups excluding carboxylic acids is 1. The molecule has 154 valence electrons. The second-order valence-corrected chi connectivity index (χ2v) is 7.80. The fourth-order valence-electron chi connectivity index (χ4n) is 2.99. The number of aromatic hydroxyl groups is 1. The van der Waals surface area contributed by atoms with Crippen molar-refractivity contribution in [3.63, 3.8) is 0 Å².